The van der Waals surface area contributed by atoms with Crippen LogP contribution < -0.4 is 0 Å². The molecule has 0 fully saturated rings. The van der Waals surface area contributed by atoms with E-state index in [1.165, 1.54) is 16.7 Å². The molecule has 0 atom stereocenters. The van der Waals surface area contributed by atoms with Crippen LogP contribution in [-0.2, 0) is 0 Å². The summed E-state index contributed by atoms with van der Waals surface area (Å²) in [4.78, 5) is 44.1. The smallest absolute Gasteiger partial charge is 0.0978 e. The average Bonchev–Trinajstić information content (AvgIpc) is 0.752. The van der Waals surface area contributed by atoms with Gasteiger partial charge < -0.3 is 0 Å². The lowest BCUT2D eigenvalue weighted by Crippen LogP contribution is -1.94. The summed E-state index contributed by atoms with van der Waals surface area (Å²) in [5.41, 5.74) is 25.8. The molecule has 9 heterocycles. The molecule has 18 aromatic rings. The van der Waals surface area contributed by atoms with Crippen molar-refractivity contribution in [3.05, 3.63) is 334 Å². The second kappa shape index (κ2) is 24.8. The Balaban J connectivity index is 0.000000145. The van der Waals surface area contributed by atoms with Crippen LogP contribution in [0.3, 0.4) is 0 Å². The van der Waals surface area contributed by atoms with Crippen molar-refractivity contribution in [2.75, 3.05) is 0 Å². The fraction of sp³-hybridized carbons (Fsp3) is 0. The highest BCUT2D eigenvalue weighted by Crippen LogP contribution is 2.41. The molecule has 9 nitrogen and oxygen atoms in total. The highest BCUT2D eigenvalue weighted by Gasteiger charge is 2.19. The van der Waals surface area contributed by atoms with Crippen LogP contribution >= 0.6 is 0 Å². The summed E-state index contributed by atoms with van der Waals surface area (Å²) in [6.45, 7) is 0. The summed E-state index contributed by atoms with van der Waals surface area (Å²) in [6.07, 6.45) is 9.22. The third-order valence-corrected chi connectivity index (χ3v) is 17.7. The minimum atomic E-state index is 0.799. The molecule has 96 heavy (non-hydrogen) atoms. The Morgan fingerprint density at radius 3 is 0.979 bits per heavy atom. The van der Waals surface area contributed by atoms with Crippen molar-refractivity contribution in [1.82, 2.24) is 44.9 Å². The minimum Gasteiger partial charge on any atom is -0.256 e. The van der Waals surface area contributed by atoms with Crippen molar-refractivity contribution in [3.63, 3.8) is 0 Å². The number of nitrogens with zero attached hydrogens (tertiary/aromatic N) is 9. The van der Waals surface area contributed by atoms with Crippen molar-refractivity contribution in [3.8, 4) is 112 Å². The Hall–Kier alpha value is -13.1. The van der Waals surface area contributed by atoms with Crippen molar-refractivity contribution in [2.45, 2.75) is 0 Å². The molecule has 0 radical (unpaired) electrons. The number of benzene rings is 9. The van der Waals surface area contributed by atoms with E-state index in [9.17, 15) is 0 Å². The van der Waals surface area contributed by atoms with Gasteiger partial charge >= 0.3 is 0 Å². The summed E-state index contributed by atoms with van der Waals surface area (Å²) >= 11 is 0. The summed E-state index contributed by atoms with van der Waals surface area (Å²) in [6, 6.07) is 105. The first kappa shape index (κ1) is 56.8. The van der Waals surface area contributed by atoms with E-state index >= 15 is 0 Å². The lowest BCUT2D eigenvalue weighted by Gasteiger charge is -2.13. The van der Waals surface area contributed by atoms with Crippen LogP contribution in [-0.4, -0.2) is 44.9 Å². The largest absolute Gasteiger partial charge is 0.256 e. The van der Waals surface area contributed by atoms with Gasteiger partial charge in [-0.3, -0.25) is 24.9 Å². The molecule has 18 rings (SSSR count). The van der Waals surface area contributed by atoms with Gasteiger partial charge in [-0.2, -0.15) is 0 Å². The predicted octanol–water partition coefficient (Wildman–Crippen LogP) is 21.5. The minimum absolute atomic E-state index is 0.799. The van der Waals surface area contributed by atoms with E-state index in [4.69, 9.17) is 24.9 Å². The van der Waals surface area contributed by atoms with E-state index in [1.807, 2.05) is 134 Å². The van der Waals surface area contributed by atoms with Crippen LogP contribution in [0.2, 0.25) is 0 Å². The molecule has 0 N–H and O–H groups in total. The van der Waals surface area contributed by atoms with Gasteiger partial charge in [0, 0.05) is 108 Å². The normalized spacial score (nSPS) is 11.3. The van der Waals surface area contributed by atoms with Crippen LogP contribution in [0.4, 0.5) is 0 Å². The van der Waals surface area contributed by atoms with Crippen LogP contribution in [0.25, 0.3) is 178 Å². The molecule has 448 valence electrons. The zero-order chi connectivity index (χ0) is 63.7. The van der Waals surface area contributed by atoms with Crippen LogP contribution in [0, 0.1) is 0 Å². The van der Waals surface area contributed by atoms with E-state index in [1.54, 1.807) is 0 Å². The molecule has 0 unspecified atom stereocenters. The van der Waals surface area contributed by atoms with Gasteiger partial charge in [-0.25, -0.2) is 19.9 Å². The molecule has 0 aliphatic rings. The predicted molar refractivity (Wildman–Crippen MR) is 392 cm³/mol. The second-order valence-electron chi connectivity index (χ2n) is 23.7. The first-order valence-electron chi connectivity index (χ1n) is 32.0. The lowest BCUT2D eigenvalue weighted by atomic mass is 9.94. The molecule has 9 heteroatoms. The van der Waals surface area contributed by atoms with Crippen molar-refractivity contribution in [1.29, 1.82) is 0 Å². The number of rotatable bonds is 10. The van der Waals surface area contributed by atoms with E-state index in [0.29, 0.717) is 0 Å². The van der Waals surface area contributed by atoms with E-state index < -0.39 is 0 Å². The van der Waals surface area contributed by atoms with Crippen molar-refractivity contribution in [2.24, 2.45) is 0 Å². The summed E-state index contributed by atoms with van der Waals surface area (Å²) in [7, 11) is 0. The number of aromatic nitrogens is 9. The molecule has 0 aliphatic carbocycles. The molecule has 0 spiro atoms. The Kier molecular flexibility index (Phi) is 14.7. The first-order valence-corrected chi connectivity index (χ1v) is 32.0. The summed E-state index contributed by atoms with van der Waals surface area (Å²) in [5.74, 6) is 0. The van der Waals surface area contributed by atoms with Gasteiger partial charge in [0.25, 0.3) is 0 Å². The summed E-state index contributed by atoms with van der Waals surface area (Å²) in [5, 5.41) is 6.56. The average molecular weight is 1230 g/mol. The standard InChI is InChI=1S/C44H28N4.C43H27N5/c1-2-10-31(11-3-1)42-36-12-4-5-15-41(36)48-44-37(42)22-20-32-21-23-40(47-43(32)44)30-18-16-29(17-19-30)33-26-34(38-13-6-8-24-45-38)28-35(27-33)39-14-7-9-25-46-39;1-2-10-28(11-3-1)41-34-12-4-5-15-38(34)47-43-35(41)19-16-29-17-21-40(48-42(29)43)39-20-18-30(27-46-39)31-24-32(36-13-6-8-22-44-36)26-33(25-31)37-14-7-9-23-45-37/h1-28H;1-27H. The maximum absolute atomic E-state index is 5.25. The number of hydrogen-bond donors (Lipinski definition) is 0. The maximum atomic E-state index is 5.25. The second-order valence-corrected chi connectivity index (χ2v) is 23.7. The Labute approximate surface area is 553 Å². The number of hydrogen-bond acceptors (Lipinski definition) is 9. The van der Waals surface area contributed by atoms with Gasteiger partial charge in [-0.15, -0.1) is 0 Å². The lowest BCUT2D eigenvalue weighted by molar-refractivity contribution is 1.27. The summed E-state index contributed by atoms with van der Waals surface area (Å²) < 4.78 is 0. The SMILES string of the molecule is c1ccc(-c2c3ccccc3nc3c2ccc2ccc(-c4ccc(-c5cc(-c6ccccn6)cc(-c6ccccn6)c5)cc4)nc23)cc1.c1ccc(-c2c3ccccc3nc3c2ccc2ccc(-c4ccc(-c5cc(-c6ccccn6)cc(-c6ccccn6)c5)cn4)nc23)cc1. The molecule has 0 saturated heterocycles. The van der Waals surface area contributed by atoms with Crippen molar-refractivity contribution < 1.29 is 0 Å². The monoisotopic (exact) mass is 1230 g/mol. The van der Waals surface area contributed by atoms with Gasteiger partial charge in [0.1, 0.15) is 0 Å². The molecular formula is C87H55N9. The Bertz CT molecular complexity index is 5420. The zero-order valence-corrected chi connectivity index (χ0v) is 51.8. The van der Waals surface area contributed by atoms with Gasteiger partial charge in [0.2, 0.25) is 0 Å². The van der Waals surface area contributed by atoms with Crippen LogP contribution in [0.15, 0.2) is 334 Å². The molecule has 0 amide bonds. The molecule has 0 aliphatic heterocycles. The van der Waals surface area contributed by atoms with Gasteiger partial charge in [0.15, 0.2) is 0 Å². The molecular weight excluding hydrogens is 1170 g/mol. The Morgan fingerprint density at radius 2 is 0.542 bits per heavy atom. The number of pyridine rings is 9. The topological polar surface area (TPSA) is 116 Å². The highest BCUT2D eigenvalue weighted by molar-refractivity contribution is 6.17. The first-order chi connectivity index (χ1) is 47.6. The fourth-order valence-electron chi connectivity index (χ4n) is 13.1. The highest BCUT2D eigenvalue weighted by atomic mass is 14.8. The number of fused-ring (bicyclic) bond motifs is 8. The molecule has 0 bridgehead atoms. The molecule has 9 aromatic heterocycles. The van der Waals surface area contributed by atoms with Crippen molar-refractivity contribution >= 4 is 65.4 Å². The Morgan fingerprint density at radius 1 is 0.177 bits per heavy atom. The third-order valence-electron chi connectivity index (χ3n) is 17.7. The maximum Gasteiger partial charge on any atom is 0.0978 e. The van der Waals surface area contributed by atoms with E-state index in [-0.39, 0.29) is 0 Å². The van der Waals surface area contributed by atoms with Gasteiger partial charge in [-0.1, -0.05) is 188 Å². The third kappa shape index (κ3) is 11.0. The molecule has 9 aromatic carbocycles. The quantitative estimate of drug-likeness (QED) is 0.0975. The van der Waals surface area contributed by atoms with Gasteiger partial charge in [-0.05, 0) is 143 Å². The number of para-hydroxylation sites is 2. The van der Waals surface area contributed by atoms with Gasteiger partial charge in [0.05, 0.1) is 73.0 Å². The fourth-order valence-corrected chi connectivity index (χ4v) is 13.1. The van der Waals surface area contributed by atoms with E-state index in [2.05, 4.69) is 220 Å². The van der Waals surface area contributed by atoms with E-state index in [0.717, 1.165) is 161 Å². The van der Waals surface area contributed by atoms with Crippen LogP contribution in [0.1, 0.15) is 0 Å². The van der Waals surface area contributed by atoms with Crippen LogP contribution in [0.5, 0.6) is 0 Å². The zero-order valence-electron chi connectivity index (χ0n) is 51.8. The molecule has 0 saturated carbocycles.